The first-order valence-corrected chi connectivity index (χ1v) is 14.1. The minimum Gasteiger partial charge on any atom is -0.203 e. The Kier molecular flexibility index (Phi) is 16.7. The minimum absolute atomic E-state index is 0.258. The van der Waals surface area contributed by atoms with Gasteiger partial charge in [-0.25, -0.2) is 22.0 Å². The van der Waals surface area contributed by atoms with Gasteiger partial charge in [-0.1, -0.05) is 155 Å². The zero-order valence-corrected chi connectivity index (χ0v) is 26.2. The quantitative estimate of drug-likeness (QED) is 0.123. The van der Waals surface area contributed by atoms with Crippen molar-refractivity contribution >= 4 is 24.3 Å². The van der Waals surface area contributed by atoms with Gasteiger partial charge in [0.2, 0.25) is 5.82 Å². The summed E-state index contributed by atoms with van der Waals surface area (Å²) in [6, 6.07) is 29.0. The zero-order valence-electron chi connectivity index (χ0n) is 26.2. The predicted octanol–water partition coefficient (Wildman–Crippen LogP) is 12.5. The fourth-order valence-electron chi connectivity index (χ4n) is 3.57. The molecule has 44 heavy (non-hydrogen) atoms. The monoisotopic (exact) mass is 604 g/mol. The third-order valence-electron chi connectivity index (χ3n) is 5.91. The molecule has 4 aromatic rings. The van der Waals surface area contributed by atoms with E-state index in [0.717, 1.165) is 6.08 Å². The summed E-state index contributed by atoms with van der Waals surface area (Å²) in [5.41, 5.74) is 4.43. The smallest absolute Gasteiger partial charge is 0.200 e. The molecule has 0 amide bonds. The van der Waals surface area contributed by atoms with Crippen molar-refractivity contribution in [2.75, 3.05) is 0 Å². The maximum atomic E-state index is 12.8. The van der Waals surface area contributed by atoms with Crippen LogP contribution in [-0.4, -0.2) is 0 Å². The molecule has 0 fully saturated rings. The van der Waals surface area contributed by atoms with Gasteiger partial charge in [-0.05, 0) is 48.4 Å². The van der Waals surface area contributed by atoms with Crippen LogP contribution in [0.5, 0.6) is 0 Å². The Morgan fingerprint density at radius 3 is 1.18 bits per heavy atom. The molecule has 0 spiro atoms. The molecule has 0 saturated heterocycles. The molecule has 0 unspecified atom stereocenters. The van der Waals surface area contributed by atoms with E-state index in [1.165, 1.54) is 35.3 Å². The first-order valence-electron chi connectivity index (χ1n) is 14.1. The van der Waals surface area contributed by atoms with Crippen molar-refractivity contribution in [3.05, 3.63) is 167 Å². The average Bonchev–Trinajstić information content (AvgIpc) is 3.03. The van der Waals surface area contributed by atoms with Gasteiger partial charge in [0.1, 0.15) is 0 Å². The first kappa shape index (κ1) is 37.5. The number of hydrogen-bond acceptors (Lipinski definition) is 0. The second-order valence-corrected chi connectivity index (χ2v) is 10.4. The normalized spacial score (nSPS) is 10.9. The van der Waals surface area contributed by atoms with Gasteiger partial charge in [-0.3, -0.25) is 0 Å². The molecule has 0 heterocycles. The summed E-state index contributed by atoms with van der Waals surface area (Å²) >= 11 is 0. The highest BCUT2D eigenvalue weighted by Crippen LogP contribution is 2.24. The molecule has 4 aromatic carbocycles. The number of hydrogen-bond donors (Lipinski definition) is 0. The Hall–Kier alpha value is -4.51. The number of halogens is 5. The molecule has 0 saturated carbocycles. The first-order chi connectivity index (χ1) is 20.9. The van der Waals surface area contributed by atoms with Crippen molar-refractivity contribution in [1.29, 1.82) is 0 Å². The summed E-state index contributed by atoms with van der Waals surface area (Å²) in [5, 5.41) is 0. The maximum Gasteiger partial charge on any atom is 0.200 e. The van der Waals surface area contributed by atoms with Gasteiger partial charge in [-0.2, -0.15) is 0 Å². The van der Waals surface area contributed by atoms with Gasteiger partial charge in [-0.15, -0.1) is 0 Å². The van der Waals surface area contributed by atoms with E-state index in [-0.39, 0.29) is 5.41 Å². The Labute approximate surface area is 259 Å². The van der Waals surface area contributed by atoms with Crippen LogP contribution in [0.2, 0.25) is 0 Å². The molecule has 0 atom stereocenters. The van der Waals surface area contributed by atoms with E-state index < -0.39 is 34.6 Å². The summed E-state index contributed by atoms with van der Waals surface area (Å²) in [5.74, 6) is -9.65. The van der Waals surface area contributed by atoms with Crippen LogP contribution in [0.15, 0.2) is 110 Å². The average molecular weight is 605 g/mol. The van der Waals surface area contributed by atoms with Crippen LogP contribution in [0.3, 0.4) is 0 Å². The Balaban J connectivity index is 0.000000300. The highest BCUT2D eigenvalue weighted by Gasteiger charge is 2.23. The van der Waals surface area contributed by atoms with E-state index >= 15 is 0 Å². The molecular weight excluding hydrogens is 563 g/mol. The van der Waals surface area contributed by atoms with Crippen LogP contribution in [0.4, 0.5) is 22.0 Å². The fraction of sp³-hybridized carbons (Fsp3) is 0.179. The Morgan fingerprint density at radius 1 is 0.477 bits per heavy atom. The number of allylic oxidation sites excluding steroid dienone is 3. The Morgan fingerprint density at radius 2 is 0.841 bits per heavy atom. The molecule has 0 aliphatic carbocycles. The molecule has 0 bridgehead atoms. The lowest BCUT2D eigenvalue weighted by Gasteiger charge is -2.18. The largest absolute Gasteiger partial charge is 0.203 e. The molecule has 4 rings (SSSR count). The van der Waals surface area contributed by atoms with Gasteiger partial charge >= 0.3 is 0 Å². The van der Waals surface area contributed by atoms with Crippen molar-refractivity contribution in [2.45, 2.75) is 47.0 Å². The summed E-state index contributed by atoms with van der Waals surface area (Å²) in [4.78, 5) is 0. The van der Waals surface area contributed by atoms with Crippen LogP contribution in [0.1, 0.15) is 69.4 Å². The van der Waals surface area contributed by atoms with Crippen LogP contribution >= 0.6 is 0 Å². The Bertz CT molecular complexity index is 1460. The minimum atomic E-state index is -2.15. The van der Waals surface area contributed by atoms with Crippen LogP contribution in [0, 0.1) is 29.1 Å². The lowest BCUT2D eigenvalue weighted by Crippen LogP contribution is -2.10. The molecule has 0 aromatic heterocycles. The van der Waals surface area contributed by atoms with Gasteiger partial charge < -0.3 is 0 Å². The lowest BCUT2D eigenvalue weighted by atomic mass is 9.87. The summed E-state index contributed by atoms with van der Waals surface area (Å²) in [6.45, 7) is 15.8. The van der Waals surface area contributed by atoms with Gasteiger partial charge in [0.25, 0.3) is 0 Å². The van der Waals surface area contributed by atoms with E-state index in [1.807, 2.05) is 74.5 Å². The molecule has 0 aliphatic rings. The van der Waals surface area contributed by atoms with Crippen molar-refractivity contribution in [2.24, 2.45) is 0 Å². The summed E-state index contributed by atoms with van der Waals surface area (Å²) < 4.78 is 63.2. The standard InChI is InChI=1S/C13H18.C9H5F5.C9H10.C8H8/c1-5-6-11-7-9-12(10-8-11)13(2,3)4;1-2-3-4-5(10)7(12)9(14)8(13)6(4)11;1-2-6-9-7-4-3-5-8-9;1-2-8-6-4-3-5-7-8/h5-10H,1-4H3;2-3H,1H3;2-8H,1H3;2-7H,1H2. The van der Waals surface area contributed by atoms with Crippen LogP contribution in [0.25, 0.3) is 24.3 Å². The molecule has 232 valence electrons. The predicted molar refractivity (Wildman–Crippen MR) is 178 cm³/mol. The van der Waals surface area contributed by atoms with Crippen molar-refractivity contribution in [3.8, 4) is 0 Å². The second-order valence-electron chi connectivity index (χ2n) is 10.4. The van der Waals surface area contributed by atoms with E-state index in [9.17, 15) is 22.0 Å². The summed E-state index contributed by atoms with van der Waals surface area (Å²) in [6.07, 6.45) is 12.1. The topological polar surface area (TPSA) is 0 Å². The molecule has 0 nitrogen and oxygen atoms in total. The van der Waals surface area contributed by atoms with Gasteiger partial charge in [0.15, 0.2) is 23.3 Å². The van der Waals surface area contributed by atoms with Crippen LogP contribution in [-0.2, 0) is 5.41 Å². The molecule has 0 radical (unpaired) electrons. The third-order valence-corrected chi connectivity index (χ3v) is 5.91. The van der Waals surface area contributed by atoms with E-state index in [4.69, 9.17) is 0 Å². The zero-order chi connectivity index (χ0) is 33.1. The third kappa shape index (κ3) is 12.8. The molecular formula is C39H41F5. The van der Waals surface area contributed by atoms with Crippen molar-refractivity contribution in [3.63, 3.8) is 0 Å². The van der Waals surface area contributed by atoms with Gasteiger partial charge in [0, 0.05) is 0 Å². The highest BCUT2D eigenvalue weighted by atomic mass is 19.2. The van der Waals surface area contributed by atoms with Crippen molar-refractivity contribution < 1.29 is 22.0 Å². The van der Waals surface area contributed by atoms with E-state index in [0.29, 0.717) is 0 Å². The second kappa shape index (κ2) is 19.6. The number of rotatable bonds is 4. The maximum absolute atomic E-state index is 12.8. The SMILES string of the molecule is C=Cc1ccccc1.CC=Cc1c(F)c(F)c(F)c(F)c1F.CC=Cc1ccc(C(C)(C)C)cc1.CC=Cc1ccccc1. The fourth-order valence-corrected chi connectivity index (χ4v) is 3.57. The number of benzene rings is 4. The highest BCUT2D eigenvalue weighted by molar-refractivity contribution is 5.51. The molecule has 0 aliphatic heterocycles. The lowest BCUT2D eigenvalue weighted by molar-refractivity contribution is 0.377. The van der Waals surface area contributed by atoms with Gasteiger partial charge in [0.05, 0.1) is 5.56 Å². The summed E-state index contributed by atoms with van der Waals surface area (Å²) in [7, 11) is 0. The molecule has 5 heteroatoms. The van der Waals surface area contributed by atoms with Crippen molar-refractivity contribution in [1.82, 2.24) is 0 Å². The van der Waals surface area contributed by atoms with E-state index in [2.05, 4.69) is 82.0 Å². The molecule has 0 N–H and O–H groups in total. The van der Waals surface area contributed by atoms with Crippen LogP contribution < -0.4 is 0 Å². The van der Waals surface area contributed by atoms with E-state index in [1.54, 1.807) is 0 Å².